The highest BCUT2D eigenvalue weighted by Gasteiger charge is 2.22. The van der Waals surface area contributed by atoms with Crippen molar-refractivity contribution in [2.24, 2.45) is 5.41 Å². The maximum Gasteiger partial charge on any atom is 0.146 e. The first-order valence-electron chi connectivity index (χ1n) is 6.32. The lowest BCUT2D eigenvalue weighted by Crippen LogP contribution is -2.32. The first kappa shape index (κ1) is 12.6. The second-order valence-corrected chi connectivity index (χ2v) is 5.66. The molecule has 94 valence electrons. The molecule has 0 N–H and O–H groups in total. The lowest BCUT2D eigenvalue weighted by atomic mass is 9.83. The molecular formula is C15H19N3. The van der Waals surface area contributed by atoms with Crippen molar-refractivity contribution in [2.45, 2.75) is 27.2 Å². The van der Waals surface area contributed by atoms with E-state index in [4.69, 9.17) is 5.26 Å². The fourth-order valence-electron chi connectivity index (χ4n) is 2.28. The SMILES string of the molecule is CC(C)(C)C1=CCN(c2ncccc2C#N)CC1. The van der Waals surface area contributed by atoms with E-state index in [1.54, 1.807) is 6.20 Å². The van der Waals surface area contributed by atoms with Crippen LogP contribution in [0.5, 0.6) is 0 Å². The van der Waals surface area contributed by atoms with Gasteiger partial charge in [-0.2, -0.15) is 5.26 Å². The lowest BCUT2D eigenvalue weighted by Gasteiger charge is -2.33. The molecule has 0 atom stereocenters. The van der Waals surface area contributed by atoms with Crippen LogP contribution in [0.1, 0.15) is 32.8 Å². The third-order valence-corrected chi connectivity index (χ3v) is 3.38. The second-order valence-electron chi connectivity index (χ2n) is 5.66. The quantitative estimate of drug-likeness (QED) is 0.709. The molecular weight excluding hydrogens is 222 g/mol. The molecule has 0 saturated heterocycles. The molecule has 0 bridgehead atoms. The van der Waals surface area contributed by atoms with Gasteiger partial charge in [-0.3, -0.25) is 0 Å². The Kier molecular flexibility index (Phi) is 3.38. The van der Waals surface area contributed by atoms with Gasteiger partial charge < -0.3 is 4.90 Å². The van der Waals surface area contributed by atoms with E-state index in [0.29, 0.717) is 5.56 Å². The van der Waals surface area contributed by atoms with E-state index in [9.17, 15) is 0 Å². The largest absolute Gasteiger partial charge is 0.351 e. The fraction of sp³-hybridized carbons (Fsp3) is 0.467. The number of nitrogens with zero attached hydrogens (tertiary/aromatic N) is 3. The van der Waals surface area contributed by atoms with Crippen LogP contribution in [-0.4, -0.2) is 18.1 Å². The van der Waals surface area contributed by atoms with Crippen LogP contribution in [0.4, 0.5) is 5.82 Å². The maximum absolute atomic E-state index is 9.10. The number of rotatable bonds is 1. The van der Waals surface area contributed by atoms with Crippen LogP contribution in [-0.2, 0) is 0 Å². The summed E-state index contributed by atoms with van der Waals surface area (Å²) in [5.74, 6) is 0.809. The Balaban J connectivity index is 2.20. The molecule has 0 radical (unpaired) electrons. The van der Waals surface area contributed by atoms with Gasteiger partial charge in [0.25, 0.3) is 0 Å². The number of anilines is 1. The molecule has 1 aromatic heterocycles. The van der Waals surface area contributed by atoms with E-state index in [1.807, 2.05) is 12.1 Å². The normalized spacial score (nSPS) is 16.1. The van der Waals surface area contributed by atoms with Crippen molar-refractivity contribution in [1.82, 2.24) is 4.98 Å². The van der Waals surface area contributed by atoms with Crippen LogP contribution < -0.4 is 4.90 Å². The van der Waals surface area contributed by atoms with E-state index in [-0.39, 0.29) is 5.41 Å². The first-order valence-corrected chi connectivity index (χ1v) is 6.32. The number of hydrogen-bond acceptors (Lipinski definition) is 3. The van der Waals surface area contributed by atoms with Gasteiger partial charge in [-0.15, -0.1) is 0 Å². The first-order chi connectivity index (χ1) is 8.52. The summed E-state index contributed by atoms with van der Waals surface area (Å²) in [6, 6.07) is 5.84. The van der Waals surface area contributed by atoms with Crippen molar-refractivity contribution in [3.8, 4) is 6.07 Å². The Labute approximate surface area is 109 Å². The van der Waals surface area contributed by atoms with Crippen molar-refractivity contribution in [2.75, 3.05) is 18.0 Å². The molecule has 3 heteroatoms. The summed E-state index contributed by atoms with van der Waals surface area (Å²) < 4.78 is 0. The minimum atomic E-state index is 0.244. The lowest BCUT2D eigenvalue weighted by molar-refractivity contribution is 0.472. The van der Waals surface area contributed by atoms with Gasteiger partial charge in [-0.1, -0.05) is 32.4 Å². The molecule has 0 saturated carbocycles. The number of pyridine rings is 1. The third-order valence-electron chi connectivity index (χ3n) is 3.38. The smallest absolute Gasteiger partial charge is 0.146 e. The Hall–Kier alpha value is -1.82. The Morgan fingerprint density at radius 1 is 1.39 bits per heavy atom. The van der Waals surface area contributed by atoms with Gasteiger partial charge in [-0.25, -0.2) is 4.98 Å². The van der Waals surface area contributed by atoms with Crippen molar-refractivity contribution in [3.63, 3.8) is 0 Å². The molecule has 0 amide bonds. The average molecular weight is 241 g/mol. The minimum absolute atomic E-state index is 0.244. The number of hydrogen-bond donors (Lipinski definition) is 0. The summed E-state index contributed by atoms with van der Waals surface area (Å²) in [5.41, 5.74) is 2.40. The molecule has 0 unspecified atom stereocenters. The molecule has 0 fully saturated rings. The molecule has 3 nitrogen and oxygen atoms in total. The molecule has 2 rings (SSSR count). The van der Waals surface area contributed by atoms with E-state index in [0.717, 1.165) is 25.3 Å². The Bertz CT molecular complexity index is 503. The summed E-state index contributed by atoms with van der Waals surface area (Å²) in [7, 11) is 0. The molecule has 2 heterocycles. The fourth-order valence-corrected chi connectivity index (χ4v) is 2.28. The number of nitriles is 1. The Morgan fingerprint density at radius 3 is 2.72 bits per heavy atom. The summed E-state index contributed by atoms with van der Waals surface area (Å²) in [6.45, 7) is 8.52. The van der Waals surface area contributed by atoms with Crippen LogP contribution >= 0.6 is 0 Å². The molecule has 18 heavy (non-hydrogen) atoms. The Morgan fingerprint density at radius 2 is 2.17 bits per heavy atom. The van der Waals surface area contributed by atoms with E-state index in [2.05, 4.69) is 42.8 Å². The van der Waals surface area contributed by atoms with Crippen LogP contribution in [0.25, 0.3) is 0 Å². The van der Waals surface area contributed by atoms with Gasteiger partial charge in [0.15, 0.2) is 0 Å². The maximum atomic E-state index is 9.10. The van der Waals surface area contributed by atoms with Crippen LogP contribution in [0.15, 0.2) is 30.0 Å². The highest BCUT2D eigenvalue weighted by atomic mass is 15.2. The van der Waals surface area contributed by atoms with Crippen LogP contribution in [0, 0.1) is 16.7 Å². The highest BCUT2D eigenvalue weighted by molar-refractivity contribution is 5.54. The van der Waals surface area contributed by atoms with Gasteiger partial charge in [-0.05, 0) is 24.0 Å². The molecule has 0 aliphatic carbocycles. The van der Waals surface area contributed by atoms with Crippen LogP contribution in [0.2, 0.25) is 0 Å². The molecule has 0 aromatic carbocycles. The van der Waals surface area contributed by atoms with Gasteiger partial charge in [0.2, 0.25) is 0 Å². The second kappa shape index (κ2) is 4.81. The number of aromatic nitrogens is 1. The van der Waals surface area contributed by atoms with Crippen molar-refractivity contribution in [1.29, 1.82) is 5.26 Å². The van der Waals surface area contributed by atoms with E-state index < -0.39 is 0 Å². The van der Waals surface area contributed by atoms with Crippen molar-refractivity contribution in [3.05, 3.63) is 35.5 Å². The molecule has 1 aliphatic heterocycles. The monoisotopic (exact) mass is 241 g/mol. The average Bonchev–Trinajstić information content (AvgIpc) is 2.38. The highest BCUT2D eigenvalue weighted by Crippen LogP contribution is 2.31. The predicted molar refractivity (Wildman–Crippen MR) is 73.3 cm³/mol. The van der Waals surface area contributed by atoms with Crippen molar-refractivity contribution >= 4 is 5.82 Å². The molecule has 1 aromatic rings. The summed E-state index contributed by atoms with van der Waals surface area (Å²) >= 11 is 0. The van der Waals surface area contributed by atoms with Gasteiger partial charge >= 0.3 is 0 Å². The summed E-state index contributed by atoms with van der Waals surface area (Å²) in [4.78, 5) is 6.51. The van der Waals surface area contributed by atoms with E-state index >= 15 is 0 Å². The predicted octanol–water partition coefficient (Wildman–Crippen LogP) is 3.14. The van der Waals surface area contributed by atoms with Gasteiger partial charge in [0.1, 0.15) is 11.9 Å². The standard InChI is InChI=1S/C15H19N3/c1-15(2,3)13-6-9-18(10-7-13)14-12(11-16)5-4-8-17-14/h4-6,8H,7,9-10H2,1-3H3. The van der Waals surface area contributed by atoms with Gasteiger partial charge in [0.05, 0.1) is 5.56 Å². The molecule has 0 spiro atoms. The van der Waals surface area contributed by atoms with Crippen molar-refractivity contribution < 1.29 is 0 Å². The minimum Gasteiger partial charge on any atom is -0.351 e. The van der Waals surface area contributed by atoms with E-state index in [1.165, 1.54) is 5.57 Å². The zero-order valence-electron chi connectivity index (χ0n) is 11.3. The summed E-state index contributed by atoms with van der Waals surface area (Å²) in [6.07, 6.45) is 5.07. The van der Waals surface area contributed by atoms with Crippen LogP contribution in [0.3, 0.4) is 0 Å². The van der Waals surface area contributed by atoms with Gasteiger partial charge in [0, 0.05) is 19.3 Å². The summed E-state index contributed by atoms with van der Waals surface area (Å²) in [5, 5.41) is 9.10. The topological polar surface area (TPSA) is 39.9 Å². The zero-order valence-corrected chi connectivity index (χ0v) is 11.3. The third kappa shape index (κ3) is 2.53. The zero-order chi connectivity index (χ0) is 13.2. The molecule has 1 aliphatic rings.